The Morgan fingerprint density at radius 2 is 2.12 bits per heavy atom. The minimum Gasteiger partial charge on any atom is -0.465 e. The number of aromatic nitrogens is 2. The molecule has 0 fully saturated rings. The van der Waals surface area contributed by atoms with Crippen molar-refractivity contribution in [2.75, 3.05) is 7.11 Å². The highest BCUT2D eigenvalue weighted by molar-refractivity contribution is 7.15. The molecule has 24 heavy (non-hydrogen) atoms. The third-order valence-corrected chi connectivity index (χ3v) is 4.24. The largest absolute Gasteiger partial charge is 0.465 e. The third-order valence-electron chi connectivity index (χ3n) is 3.23. The van der Waals surface area contributed by atoms with Crippen molar-refractivity contribution in [3.63, 3.8) is 0 Å². The number of hydrogen-bond acceptors (Lipinski definition) is 5. The predicted octanol–water partition coefficient (Wildman–Crippen LogP) is 3.20. The van der Waals surface area contributed by atoms with Crippen molar-refractivity contribution < 1.29 is 14.6 Å². The van der Waals surface area contributed by atoms with E-state index in [-0.39, 0.29) is 5.97 Å². The number of nitrogens with zero attached hydrogens (tertiary/aromatic N) is 1. The van der Waals surface area contributed by atoms with Crippen molar-refractivity contribution in [1.29, 1.82) is 0 Å². The fourth-order valence-corrected chi connectivity index (χ4v) is 2.92. The number of fused-ring (bicyclic) bond motifs is 1. The smallest absolute Gasteiger partial charge is 0.337 e. The molecular weight excluding hydrogens is 324 g/mol. The van der Waals surface area contributed by atoms with Crippen molar-refractivity contribution in [3.05, 3.63) is 40.8 Å². The van der Waals surface area contributed by atoms with E-state index >= 15 is 0 Å². The van der Waals surface area contributed by atoms with Crippen LogP contribution < -0.4 is 0 Å². The first-order valence-electron chi connectivity index (χ1n) is 7.29. The first-order chi connectivity index (χ1) is 11.4. The van der Waals surface area contributed by atoms with Crippen LogP contribution in [0.5, 0.6) is 0 Å². The standard InChI is InChI=1S/C18H16N2O3S/c1-18(2,22)9-8-12-5-7-15(24-12)16-19-13-6-4-11(17(21)23-3)10-14(13)20-16/h4-7,10,22H,1-3H3,(H,19,20). The van der Waals surface area contributed by atoms with E-state index in [0.29, 0.717) is 11.4 Å². The minimum absolute atomic E-state index is 0.381. The van der Waals surface area contributed by atoms with Gasteiger partial charge in [0.05, 0.1) is 33.5 Å². The molecule has 0 radical (unpaired) electrons. The molecule has 0 spiro atoms. The number of benzene rings is 1. The summed E-state index contributed by atoms with van der Waals surface area (Å²) in [6.45, 7) is 3.29. The monoisotopic (exact) mass is 340 g/mol. The number of carbonyl (C=O) groups excluding carboxylic acids is 1. The van der Waals surface area contributed by atoms with E-state index in [9.17, 15) is 9.90 Å². The molecule has 0 unspecified atom stereocenters. The number of hydrogen-bond donors (Lipinski definition) is 2. The first kappa shape index (κ1) is 16.2. The van der Waals surface area contributed by atoms with E-state index in [4.69, 9.17) is 4.74 Å². The zero-order chi connectivity index (χ0) is 17.3. The average Bonchev–Trinajstić information content (AvgIpc) is 3.16. The van der Waals surface area contributed by atoms with Crippen LogP contribution in [0.2, 0.25) is 0 Å². The molecule has 3 aromatic rings. The van der Waals surface area contributed by atoms with Crippen molar-refractivity contribution in [2.24, 2.45) is 0 Å². The Labute approximate surface area is 143 Å². The number of rotatable bonds is 2. The van der Waals surface area contributed by atoms with E-state index in [2.05, 4.69) is 21.8 Å². The van der Waals surface area contributed by atoms with Gasteiger partial charge in [-0.2, -0.15) is 0 Å². The minimum atomic E-state index is -1.02. The van der Waals surface area contributed by atoms with Gasteiger partial charge in [0.15, 0.2) is 0 Å². The zero-order valence-electron chi connectivity index (χ0n) is 13.5. The van der Waals surface area contributed by atoms with Gasteiger partial charge in [-0.1, -0.05) is 11.8 Å². The van der Waals surface area contributed by atoms with Crippen LogP contribution in [0.15, 0.2) is 30.3 Å². The van der Waals surface area contributed by atoms with Crippen LogP contribution in [0.1, 0.15) is 29.1 Å². The summed E-state index contributed by atoms with van der Waals surface area (Å²) in [7, 11) is 1.35. The van der Waals surface area contributed by atoms with Gasteiger partial charge in [0, 0.05) is 0 Å². The van der Waals surface area contributed by atoms with E-state index in [1.54, 1.807) is 32.0 Å². The number of ether oxygens (including phenoxy) is 1. The molecule has 0 aliphatic heterocycles. The number of nitrogens with one attached hydrogen (secondary N) is 1. The summed E-state index contributed by atoms with van der Waals surface area (Å²) in [4.78, 5) is 21.1. The van der Waals surface area contributed by atoms with Gasteiger partial charge in [0.1, 0.15) is 11.4 Å². The molecule has 2 heterocycles. The second-order valence-corrected chi connectivity index (χ2v) is 6.87. The molecule has 0 saturated heterocycles. The lowest BCUT2D eigenvalue weighted by atomic mass is 10.1. The molecule has 5 nitrogen and oxygen atoms in total. The van der Waals surface area contributed by atoms with Crippen LogP contribution in [-0.2, 0) is 4.74 Å². The van der Waals surface area contributed by atoms with E-state index < -0.39 is 5.60 Å². The topological polar surface area (TPSA) is 75.2 Å². The predicted molar refractivity (Wildman–Crippen MR) is 93.9 cm³/mol. The fourth-order valence-electron chi connectivity index (χ4n) is 2.12. The highest BCUT2D eigenvalue weighted by atomic mass is 32.1. The zero-order valence-corrected chi connectivity index (χ0v) is 14.3. The van der Waals surface area contributed by atoms with Gasteiger partial charge in [0.2, 0.25) is 0 Å². The Morgan fingerprint density at radius 1 is 1.33 bits per heavy atom. The Bertz CT molecular complexity index is 967. The van der Waals surface area contributed by atoms with E-state index in [0.717, 1.165) is 20.8 Å². The first-order valence-corrected chi connectivity index (χ1v) is 8.11. The van der Waals surface area contributed by atoms with Gasteiger partial charge >= 0.3 is 5.97 Å². The van der Waals surface area contributed by atoms with Crippen molar-refractivity contribution in [2.45, 2.75) is 19.4 Å². The molecule has 0 atom stereocenters. The molecule has 122 valence electrons. The Morgan fingerprint density at radius 3 is 2.83 bits per heavy atom. The molecule has 0 bridgehead atoms. The summed E-state index contributed by atoms with van der Waals surface area (Å²) in [5.74, 6) is 6.08. The Kier molecular flexibility index (Phi) is 4.14. The molecule has 2 aromatic heterocycles. The Hall–Kier alpha value is -2.62. The SMILES string of the molecule is COC(=O)c1ccc2nc(-c3ccc(C#CC(C)(C)O)s3)[nH]c2c1. The van der Waals surface area contributed by atoms with Gasteiger partial charge in [-0.05, 0) is 44.2 Å². The normalized spacial score (nSPS) is 11.2. The van der Waals surface area contributed by atoms with Crippen LogP contribution in [0.3, 0.4) is 0 Å². The second kappa shape index (κ2) is 6.11. The van der Waals surface area contributed by atoms with Gasteiger partial charge in [0.25, 0.3) is 0 Å². The van der Waals surface area contributed by atoms with Crippen molar-refractivity contribution >= 4 is 28.3 Å². The van der Waals surface area contributed by atoms with Crippen LogP contribution in [0.25, 0.3) is 21.7 Å². The summed E-state index contributed by atoms with van der Waals surface area (Å²) in [6.07, 6.45) is 0. The highest BCUT2D eigenvalue weighted by Crippen LogP contribution is 2.28. The maximum Gasteiger partial charge on any atom is 0.337 e. The maximum absolute atomic E-state index is 11.6. The number of aromatic amines is 1. The lowest BCUT2D eigenvalue weighted by Crippen LogP contribution is -2.14. The van der Waals surface area contributed by atoms with E-state index in [1.165, 1.54) is 18.4 Å². The van der Waals surface area contributed by atoms with Crippen LogP contribution in [0.4, 0.5) is 0 Å². The molecule has 0 aliphatic carbocycles. The molecule has 6 heteroatoms. The summed E-state index contributed by atoms with van der Waals surface area (Å²) >= 11 is 1.49. The van der Waals surface area contributed by atoms with Crippen LogP contribution in [0, 0.1) is 11.8 Å². The summed E-state index contributed by atoms with van der Waals surface area (Å²) in [6, 6.07) is 9.02. The van der Waals surface area contributed by atoms with Gasteiger partial charge < -0.3 is 14.8 Å². The lowest BCUT2D eigenvalue weighted by molar-refractivity contribution is 0.0601. The molecule has 2 N–H and O–H groups in total. The Balaban J connectivity index is 1.94. The molecule has 3 rings (SSSR count). The van der Waals surface area contributed by atoms with Gasteiger partial charge in [-0.25, -0.2) is 9.78 Å². The van der Waals surface area contributed by atoms with Crippen molar-refractivity contribution in [1.82, 2.24) is 9.97 Å². The van der Waals surface area contributed by atoms with E-state index in [1.807, 2.05) is 12.1 Å². The molecule has 0 saturated carbocycles. The van der Waals surface area contributed by atoms with Gasteiger partial charge in [-0.3, -0.25) is 0 Å². The number of carbonyl (C=O) groups is 1. The quantitative estimate of drug-likeness (QED) is 0.555. The summed E-state index contributed by atoms with van der Waals surface area (Å²) in [5, 5.41) is 9.66. The molecule has 0 aliphatic rings. The summed E-state index contributed by atoms with van der Waals surface area (Å²) in [5.41, 5.74) is 0.997. The average molecular weight is 340 g/mol. The summed E-state index contributed by atoms with van der Waals surface area (Å²) < 4.78 is 4.73. The fraction of sp³-hybridized carbons (Fsp3) is 0.222. The molecular formula is C18H16N2O3S. The number of aliphatic hydroxyl groups is 1. The third kappa shape index (κ3) is 3.48. The van der Waals surface area contributed by atoms with Crippen LogP contribution >= 0.6 is 11.3 Å². The van der Waals surface area contributed by atoms with Gasteiger partial charge in [-0.15, -0.1) is 11.3 Å². The number of thiophene rings is 1. The number of H-pyrrole nitrogens is 1. The molecule has 1 aromatic carbocycles. The highest BCUT2D eigenvalue weighted by Gasteiger charge is 2.11. The lowest BCUT2D eigenvalue weighted by Gasteiger charge is -2.05. The number of methoxy groups -OCH3 is 1. The second-order valence-electron chi connectivity index (χ2n) is 5.78. The van der Waals surface area contributed by atoms with Crippen molar-refractivity contribution in [3.8, 4) is 22.5 Å². The molecule has 0 amide bonds. The van der Waals surface area contributed by atoms with Crippen LogP contribution in [-0.4, -0.2) is 33.8 Å². The maximum atomic E-state index is 11.6. The number of esters is 1. The number of imidazole rings is 1.